The smallest absolute Gasteiger partial charge is 0.131 e. The molecule has 1 saturated heterocycles. The molecule has 0 bridgehead atoms. The Morgan fingerprint density at radius 1 is 1.11 bits per heavy atom. The second-order valence-corrected chi connectivity index (χ2v) is 9.22. The zero-order valence-corrected chi connectivity index (χ0v) is 20.1. The van der Waals surface area contributed by atoms with Crippen molar-refractivity contribution in [1.29, 1.82) is 0 Å². The fraction of sp³-hybridized carbons (Fsp3) is 0.250. The van der Waals surface area contributed by atoms with Gasteiger partial charge in [0.2, 0.25) is 0 Å². The second-order valence-electron chi connectivity index (χ2n) is 9.22. The van der Waals surface area contributed by atoms with Gasteiger partial charge in [0.1, 0.15) is 17.3 Å². The van der Waals surface area contributed by atoms with Gasteiger partial charge in [-0.05, 0) is 67.9 Å². The van der Waals surface area contributed by atoms with E-state index in [9.17, 15) is 4.39 Å². The van der Waals surface area contributed by atoms with Gasteiger partial charge in [-0.25, -0.2) is 9.07 Å². The van der Waals surface area contributed by atoms with E-state index in [0.717, 1.165) is 59.5 Å². The molecule has 0 saturated carbocycles. The van der Waals surface area contributed by atoms with E-state index in [2.05, 4.69) is 32.2 Å². The minimum Gasteiger partial charge on any atom is -0.496 e. The summed E-state index contributed by atoms with van der Waals surface area (Å²) >= 11 is 0. The van der Waals surface area contributed by atoms with Crippen LogP contribution in [0.3, 0.4) is 0 Å². The number of halogens is 1. The monoisotopic (exact) mass is 482 g/mol. The molecule has 0 aliphatic carbocycles. The summed E-state index contributed by atoms with van der Waals surface area (Å²) in [5, 5.41) is 13.6. The largest absolute Gasteiger partial charge is 0.496 e. The SMILES string of the molecule is COc1cccc(F)c1CN1CCCC(c2ccn(-c3ccc4[nH]nc(-c5ccncc5)c4c3)n2)C1. The van der Waals surface area contributed by atoms with Crippen LogP contribution in [0.4, 0.5) is 4.39 Å². The average molecular weight is 483 g/mol. The van der Waals surface area contributed by atoms with Crippen LogP contribution in [0.2, 0.25) is 0 Å². The number of aromatic amines is 1. The zero-order chi connectivity index (χ0) is 24.5. The van der Waals surface area contributed by atoms with Gasteiger partial charge in [-0.15, -0.1) is 0 Å². The normalized spacial score (nSPS) is 16.4. The number of ether oxygens (including phenoxy) is 1. The highest BCUT2D eigenvalue weighted by Crippen LogP contribution is 2.31. The van der Waals surface area contributed by atoms with Crippen molar-refractivity contribution in [2.24, 2.45) is 0 Å². The second kappa shape index (κ2) is 9.54. The third-order valence-corrected chi connectivity index (χ3v) is 6.98. The number of H-pyrrole nitrogens is 1. The van der Waals surface area contributed by atoms with Crippen LogP contribution in [-0.2, 0) is 6.54 Å². The summed E-state index contributed by atoms with van der Waals surface area (Å²) in [5.74, 6) is 0.673. The van der Waals surface area contributed by atoms with Gasteiger partial charge >= 0.3 is 0 Å². The van der Waals surface area contributed by atoms with Crippen LogP contribution in [-0.4, -0.2) is 50.1 Å². The van der Waals surface area contributed by atoms with Gasteiger partial charge in [0.15, 0.2) is 0 Å². The molecule has 5 aromatic rings. The average Bonchev–Trinajstić information content (AvgIpc) is 3.58. The number of rotatable bonds is 6. The molecule has 1 N–H and O–H groups in total. The summed E-state index contributed by atoms with van der Waals surface area (Å²) in [6, 6.07) is 17.2. The van der Waals surface area contributed by atoms with Crippen molar-refractivity contribution in [3.05, 3.63) is 90.3 Å². The molecule has 6 rings (SSSR count). The first kappa shape index (κ1) is 22.4. The molecule has 36 heavy (non-hydrogen) atoms. The molecule has 1 aliphatic heterocycles. The van der Waals surface area contributed by atoms with Gasteiger partial charge < -0.3 is 4.74 Å². The number of nitrogens with zero attached hydrogens (tertiary/aromatic N) is 5. The summed E-state index contributed by atoms with van der Waals surface area (Å²) in [7, 11) is 1.59. The summed E-state index contributed by atoms with van der Waals surface area (Å²) in [6.07, 6.45) is 7.67. The van der Waals surface area contributed by atoms with E-state index in [-0.39, 0.29) is 5.82 Å². The lowest BCUT2D eigenvalue weighted by Crippen LogP contribution is -2.34. The summed E-state index contributed by atoms with van der Waals surface area (Å²) in [4.78, 5) is 6.41. The van der Waals surface area contributed by atoms with E-state index >= 15 is 0 Å². The van der Waals surface area contributed by atoms with Crippen molar-refractivity contribution < 1.29 is 9.13 Å². The van der Waals surface area contributed by atoms with Crippen LogP contribution in [0, 0.1) is 5.82 Å². The number of hydrogen-bond donors (Lipinski definition) is 1. The number of piperidine rings is 1. The lowest BCUT2D eigenvalue weighted by atomic mass is 9.94. The van der Waals surface area contributed by atoms with Gasteiger partial charge in [0, 0.05) is 54.1 Å². The van der Waals surface area contributed by atoms with Gasteiger partial charge in [0.05, 0.1) is 24.0 Å². The summed E-state index contributed by atoms with van der Waals surface area (Å²) < 4.78 is 21.8. The van der Waals surface area contributed by atoms with Gasteiger partial charge in [-0.1, -0.05) is 6.07 Å². The minimum atomic E-state index is -0.221. The summed E-state index contributed by atoms with van der Waals surface area (Å²) in [6.45, 7) is 2.30. The molecule has 1 fully saturated rings. The molecule has 4 heterocycles. The topological polar surface area (TPSA) is 71.9 Å². The van der Waals surface area contributed by atoms with Crippen molar-refractivity contribution in [2.45, 2.75) is 25.3 Å². The van der Waals surface area contributed by atoms with E-state index in [1.165, 1.54) is 6.07 Å². The molecule has 0 spiro atoms. The molecule has 182 valence electrons. The Balaban J connectivity index is 1.23. The van der Waals surface area contributed by atoms with Crippen molar-refractivity contribution in [2.75, 3.05) is 20.2 Å². The predicted molar refractivity (Wildman–Crippen MR) is 137 cm³/mol. The van der Waals surface area contributed by atoms with Crippen LogP contribution >= 0.6 is 0 Å². The first-order chi connectivity index (χ1) is 17.7. The van der Waals surface area contributed by atoms with E-state index in [0.29, 0.717) is 23.8 Å². The van der Waals surface area contributed by atoms with E-state index < -0.39 is 0 Å². The quantitative estimate of drug-likeness (QED) is 0.354. The lowest BCUT2D eigenvalue weighted by Gasteiger charge is -2.32. The molecule has 1 unspecified atom stereocenters. The van der Waals surface area contributed by atoms with Gasteiger partial charge in [-0.3, -0.25) is 15.0 Å². The Morgan fingerprint density at radius 2 is 2.00 bits per heavy atom. The Kier molecular flexibility index (Phi) is 5.95. The van der Waals surface area contributed by atoms with Crippen LogP contribution in [0.25, 0.3) is 27.8 Å². The summed E-state index contributed by atoms with van der Waals surface area (Å²) in [5.41, 5.74) is 5.54. The van der Waals surface area contributed by atoms with E-state index in [1.54, 1.807) is 25.6 Å². The van der Waals surface area contributed by atoms with Crippen molar-refractivity contribution in [1.82, 2.24) is 29.9 Å². The Labute approximate surface area is 208 Å². The number of benzene rings is 2. The highest BCUT2D eigenvalue weighted by atomic mass is 19.1. The molecule has 0 amide bonds. The van der Waals surface area contributed by atoms with Crippen LogP contribution < -0.4 is 4.74 Å². The van der Waals surface area contributed by atoms with Gasteiger partial charge in [-0.2, -0.15) is 10.2 Å². The standard InChI is InChI=1S/C28H27FN6O/c1-36-27-6-2-5-24(29)23(27)18-34-14-3-4-20(17-34)25-11-15-35(33-25)21-7-8-26-22(16-21)28(32-31-26)19-9-12-30-13-10-19/h2,5-13,15-16,20H,3-4,14,17-18H2,1H3,(H,31,32). The Morgan fingerprint density at radius 3 is 2.86 bits per heavy atom. The molecular formula is C28H27FN6O. The minimum absolute atomic E-state index is 0.221. The third kappa shape index (κ3) is 4.24. The number of nitrogens with one attached hydrogen (secondary N) is 1. The number of hydrogen-bond acceptors (Lipinski definition) is 5. The highest BCUT2D eigenvalue weighted by molar-refractivity contribution is 5.94. The number of likely N-dealkylation sites (tertiary alicyclic amines) is 1. The van der Waals surface area contributed by atoms with Gasteiger partial charge in [0.25, 0.3) is 0 Å². The highest BCUT2D eigenvalue weighted by Gasteiger charge is 2.25. The first-order valence-corrected chi connectivity index (χ1v) is 12.2. The number of methoxy groups -OCH3 is 1. The Hall–Kier alpha value is -4.04. The molecule has 1 aliphatic rings. The van der Waals surface area contributed by atoms with E-state index in [4.69, 9.17) is 9.84 Å². The number of aromatic nitrogens is 5. The van der Waals surface area contributed by atoms with Crippen molar-refractivity contribution in [3.63, 3.8) is 0 Å². The predicted octanol–water partition coefficient (Wildman–Crippen LogP) is 5.34. The molecule has 3 aromatic heterocycles. The molecule has 0 radical (unpaired) electrons. The third-order valence-electron chi connectivity index (χ3n) is 6.98. The number of pyridine rings is 1. The van der Waals surface area contributed by atoms with Crippen molar-refractivity contribution >= 4 is 10.9 Å². The maximum atomic E-state index is 14.5. The van der Waals surface area contributed by atoms with Crippen LogP contribution in [0.15, 0.2) is 73.2 Å². The lowest BCUT2D eigenvalue weighted by molar-refractivity contribution is 0.193. The fourth-order valence-electron chi connectivity index (χ4n) is 5.12. The molecule has 2 aromatic carbocycles. The zero-order valence-electron chi connectivity index (χ0n) is 20.1. The molecular weight excluding hydrogens is 455 g/mol. The fourth-order valence-corrected chi connectivity index (χ4v) is 5.12. The maximum absolute atomic E-state index is 14.5. The Bertz CT molecular complexity index is 1490. The van der Waals surface area contributed by atoms with Crippen LogP contribution in [0.1, 0.15) is 30.0 Å². The maximum Gasteiger partial charge on any atom is 0.131 e. The molecule has 7 nitrogen and oxygen atoms in total. The van der Waals surface area contributed by atoms with Crippen LogP contribution in [0.5, 0.6) is 5.75 Å². The molecule has 1 atom stereocenters. The number of fused-ring (bicyclic) bond motifs is 1. The first-order valence-electron chi connectivity index (χ1n) is 12.2. The van der Waals surface area contributed by atoms with Crippen molar-refractivity contribution in [3.8, 4) is 22.7 Å². The van der Waals surface area contributed by atoms with E-state index in [1.807, 2.05) is 41.2 Å². The molecule has 8 heteroatoms.